The first-order valence-electron chi connectivity index (χ1n) is 12.0. The van der Waals surface area contributed by atoms with E-state index in [1.54, 1.807) is 36.9 Å². The Kier molecular flexibility index (Phi) is 7.01. The number of rotatable bonds is 4. The van der Waals surface area contributed by atoms with Crippen molar-refractivity contribution >= 4 is 5.91 Å². The largest absolute Gasteiger partial charge is 0.401 e. The molecular weight excluding hydrogens is 457 g/mol. The zero-order valence-electron chi connectivity index (χ0n) is 20.4. The molecule has 0 bridgehead atoms. The number of morpholine rings is 1. The van der Waals surface area contributed by atoms with Crippen LogP contribution in [-0.4, -0.2) is 65.3 Å². The molecule has 2 aliphatic heterocycles. The van der Waals surface area contributed by atoms with Crippen molar-refractivity contribution in [1.29, 1.82) is 0 Å². The predicted molar refractivity (Wildman–Crippen MR) is 129 cm³/mol. The van der Waals surface area contributed by atoms with Crippen LogP contribution in [-0.2, 0) is 10.3 Å². The highest BCUT2D eigenvalue weighted by Gasteiger charge is 2.46. The highest BCUT2D eigenvalue weighted by Crippen LogP contribution is 2.39. The Labute approximate surface area is 206 Å². The molecule has 0 saturated carbocycles. The number of amides is 1. The summed E-state index contributed by atoms with van der Waals surface area (Å²) in [6.07, 6.45) is -3.80. The first-order valence-corrected chi connectivity index (χ1v) is 12.0. The number of halogens is 3. The molecule has 1 N–H and O–H groups in total. The van der Waals surface area contributed by atoms with E-state index in [1.165, 1.54) is 4.90 Å². The fraction of sp³-hybridized carbons (Fsp3) is 0.519. The Morgan fingerprint density at radius 2 is 1.80 bits per heavy atom. The first kappa shape index (κ1) is 25.7. The average molecular weight is 493 g/mol. The molecule has 2 heterocycles. The minimum absolute atomic E-state index is 0. The molecule has 0 radical (unpaired) electrons. The maximum atomic E-state index is 13.3. The van der Waals surface area contributed by atoms with Gasteiger partial charge in [0, 0.05) is 33.2 Å². The molecule has 5 nitrogen and oxygen atoms in total. The molecule has 0 aliphatic carbocycles. The Hall–Kier alpha value is -2.42. The molecule has 2 aromatic rings. The second-order valence-corrected chi connectivity index (χ2v) is 10.4. The Morgan fingerprint density at radius 3 is 2.37 bits per heavy atom. The number of alkyl halides is 3. The lowest BCUT2D eigenvalue weighted by Gasteiger charge is -2.50. The summed E-state index contributed by atoms with van der Waals surface area (Å²) in [6.45, 7) is 5.49. The van der Waals surface area contributed by atoms with Crippen LogP contribution >= 0.6 is 0 Å². The molecule has 2 aliphatic rings. The molecule has 1 unspecified atom stereocenters. The number of carbonyl (C=O) groups excluding carboxylic acids is 1. The van der Waals surface area contributed by atoms with Crippen molar-refractivity contribution in [2.75, 3.05) is 32.7 Å². The van der Waals surface area contributed by atoms with Gasteiger partial charge < -0.3 is 14.7 Å². The van der Waals surface area contributed by atoms with E-state index in [2.05, 4.69) is 0 Å². The molecule has 4 rings (SSSR count). The number of hydrogen-bond acceptors (Lipinski definition) is 4. The fourth-order valence-corrected chi connectivity index (χ4v) is 5.36. The number of nitrogens with zero attached hydrogens (tertiary/aromatic N) is 2. The van der Waals surface area contributed by atoms with E-state index in [9.17, 15) is 23.1 Å². The summed E-state index contributed by atoms with van der Waals surface area (Å²) < 4.78 is 46.3. The molecule has 0 aromatic heterocycles. The zero-order valence-corrected chi connectivity index (χ0v) is 20.4. The molecule has 35 heavy (non-hydrogen) atoms. The molecule has 1 atom stereocenters. The van der Waals surface area contributed by atoms with Crippen LogP contribution in [0.3, 0.4) is 0 Å². The topological polar surface area (TPSA) is 53.0 Å². The van der Waals surface area contributed by atoms with Gasteiger partial charge in [-0.1, -0.05) is 36.4 Å². The molecule has 1 amide bonds. The summed E-state index contributed by atoms with van der Waals surface area (Å²) >= 11 is 0. The van der Waals surface area contributed by atoms with Crippen LogP contribution in [0.15, 0.2) is 48.5 Å². The second kappa shape index (κ2) is 9.56. The van der Waals surface area contributed by atoms with Crippen LogP contribution < -0.4 is 0 Å². The van der Waals surface area contributed by atoms with Crippen molar-refractivity contribution in [3.05, 3.63) is 70.8 Å². The van der Waals surface area contributed by atoms with E-state index in [0.717, 1.165) is 16.7 Å². The van der Waals surface area contributed by atoms with Crippen LogP contribution in [0, 0.1) is 6.92 Å². The third-order valence-electron chi connectivity index (χ3n) is 7.00. The normalized spacial score (nSPS) is 21.3. The average Bonchev–Trinajstić information content (AvgIpc) is 2.77. The molecule has 192 valence electrons. The highest BCUT2D eigenvalue weighted by atomic mass is 19.4. The van der Waals surface area contributed by atoms with Gasteiger partial charge >= 0.3 is 6.18 Å². The van der Waals surface area contributed by atoms with Gasteiger partial charge in [0.2, 0.25) is 0 Å². The molecule has 2 fully saturated rings. The quantitative estimate of drug-likeness (QED) is 0.647. The van der Waals surface area contributed by atoms with Gasteiger partial charge in [0.1, 0.15) is 0 Å². The molecule has 2 saturated heterocycles. The SMILES string of the molecule is Cc1cc(C(=O)N2CCC3(CC2)CN(CC(F)(F)F)CC(c2ccccc2)O3)ccc1C(C)(C)O.[HH]. The summed E-state index contributed by atoms with van der Waals surface area (Å²) in [5.41, 5.74) is 1.26. The van der Waals surface area contributed by atoms with Crippen molar-refractivity contribution < 1.29 is 29.2 Å². The number of ether oxygens (including phenoxy) is 1. The van der Waals surface area contributed by atoms with Gasteiger partial charge in [-0.2, -0.15) is 13.2 Å². The number of aliphatic hydroxyl groups is 1. The minimum Gasteiger partial charge on any atom is -0.386 e. The van der Waals surface area contributed by atoms with Gasteiger partial charge in [-0.05, 0) is 62.4 Å². The number of benzene rings is 2. The lowest BCUT2D eigenvalue weighted by atomic mass is 9.87. The maximum Gasteiger partial charge on any atom is 0.401 e. The highest BCUT2D eigenvalue weighted by molar-refractivity contribution is 5.94. The van der Waals surface area contributed by atoms with E-state index in [1.807, 2.05) is 37.3 Å². The van der Waals surface area contributed by atoms with Crippen LogP contribution in [0.2, 0.25) is 0 Å². The predicted octanol–water partition coefficient (Wildman–Crippen LogP) is 5.08. The Bertz CT molecular complexity index is 1050. The van der Waals surface area contributed by atoms with Gasteiger partial charge in [0.25, 0.3) is 5.91 Å². The van der Waals surface area contributed by atoms with Crippen molar-refractivity contribution in [3.63, 3.8) is 0 Å². The van der Waals surface area contributed by atoms with Crippen molar-refractivity contribution in [1.82, 2.24) is 9.80 Å². The number of likely N-dealkylation sites (tertiary alicyclic amines) is 1. The summed E-state index contributed by atoms with van der Waals surface area (Å²) in [4.78, 5) is 16.4. The Morgan fingerprint density at radius 1 is 1.14 bits per heavy atom. The van der Waals surface area contributed by atoms with Crippen LogP contribution in [0.5, 0.6) is 0 Å². The van der Waals surface area contributed by atoms with Crippen molar-refractivity contribution in [3.8, 4) is 0 Å². The van der Waals surface area contributed by atoms with Crippen molar-refractivity contribution in [2.45, 2.75) is 57.1 Å². The van der Waals surface area contributed by atoms with Crippen molar-refractivity contribution in [2.24, 2.45) is 0 Å². The van der Waals surface area contributed by atoms with Gasteiger partial charge in [0.05, 0.1) is 23.9 Å². The number of carbonyl (C=O) groups is 1. The van der Waals surface area contributed by atoms with E-state index < -0.39 is 30.0 Å². The number of hydrogen-bond donors (Lipinski definition) is 1. The summed E-state index contributed by atoms with van der Waals surface area (Å²) in [6, 6.07) is 14.6. The van der Waals surface area contributed by atoms with Crippen LogP contribution in [0.25, 0.3) is 0 Å². The molecule has 1 spiro atoms. The number of piperidine rings is 1. The van der Waals surface area contributed by atoms with E-state index in [-0.39, 0.29) is 20.4 Å². The van der Waals surface area contributed by atoms with Crippen LogP contribution in [0.4, 0.5) is 13.2 Å². The fourth-order valence-electron chi connectivity index (χ4n) is 5.36. The summed E-state index contributed by atoms with van der Waals surface area (Å²) in [7, 11) is 0. The van der Waals surface area contributed by atoms with Gasteiger partial charge in [-0.15, -0.1) is 0 Å². The van der Waals surface area contributed by atoms with Gasteiger partial charge in [-0.25, -0.2) is 0 Å². The summed E-state index contributed by atoms with van der Waals surface area (Å²) in [5.74, 6) is -0.118. The third-order valence-corrected chi connectivity index (χ3v) is 7.00. The van der Waals surface area contributed by atoms with Gasteiger partial charge in [-0.3, -0.25) is 9.69 Å². The third kappa shape index (κ3) is 6.05. The second-order valence-electron chi connectivity index (χ2n) is 10.4. The smallest absolute Gasteiger partial charge is 0.386 e. The lowest BCUT2D eigenvalue weighted by Crippen LogP contribution is -2.59. The molecule has 8 heteroatoms. The van der Waals surface area contributed by atoms with Crippen LogP contribution in [0.1, 0.15) is 61.3 Å². The van der Waals surface area contributed by atoms with E-state index in [4.69, 9.17) is 4.74 Å². The van der Waals surface area contributed by atoms with E-state index >= 15 is 0 Å². The minimum atomic E-state index is -4.29. The van der Waals surface area contributed by atoms with E-state index in [0.29, 0.717) is 31.5 Å². The van der Waals surface area contributed by atoms with Gasteiger partial charge in [0.15, 0.2) is 0 Å². The monoisotopic (exact) mass is 492 g/mol. The standard InChI is InChI=1S/C27H33F3N2O3.H2/c1-19-15-21(9-10-22(19)25(2,3)34)24(33)32-13-11-26(12-14-32)17-31(18-27(28,29)30)16-23(35-26)20-7-5-4-6-8-20;/h4-10,15,23,34H,11-14,16-18H2,1-3H3;1H. The number of aryl methyl sites for hydroxylation is 1. The summed E-state index contributed by atoms with van der Waals surface area (Å²) in [5, 5.41) is 10.3. The lowest BCUT2D eigenvalue weighted by molar-refractivity contribution is -0.205. The maximum absolute atomic E-state index is 13.3. The first-order chi connectivity index (χ1) is 16.4. The molecule has 2 aromatic carbocycles. The Balaban J connectivity index is 0.00000361. The zero-order chi connectivity index (χ0) is 25.4. The molecular formula is C27H35F3N2O3.